The number of hydrogen-bond acceptors (Lipinski definition) is 5. The maximum Gasteiger partial charge on any atom is 0.237 e. The second kappa shape index (κ2) is 10.4. The van der Waals surface area contributed by atoms with E-state index in [1.807, 2.05) is 29.2 Å². The van der Waals surface area contributed by atoms with Gasteiger partial charge in [0, 0.05) is 24.5 Å². The Bertz CT molecular complexity index is 806. The third-order valence-electron chi connectivity index (χ3n) is 5.35. The summed E-state index contributed by atoms with van der Waals surface area (Å²) in [5.41, 5.74) is 2.40. The van der Waals surface area contributed by atoms with Crippen LogP contribution in [0.2, 0.25) is 0 Å². The Kier molecular flexibility index (Phi) is 7.92. The van der Waals surface area contributed by atoms with Crippen LogP contribution in [-0.2, 0) is 11.2 Å². The monoisotopic (exact) mass is 430 g/mol. The second-order valence-electron chi connectivity index (χ2n) is 8.71. The number of amides is 1. The first-order chi connectivity index (χ1) is 14.3. The number of ether oxygens (including phenoxy) is 1. The van der Waals surface area contributed by atoms with Gasteiger partial charge in [-0.15, -0.1) is 11.3 Å². The molecule has 0 fully saturated rings. The minimum absolute atomic E-state index is 0.0822. The van der Waals surface area contributed by atoms with Crippen LogP contribution in [0.3, 0.4) is 0 Å². The van der Waals surface area contributed by atoms with Gasteiger partial charge in [0.25, 0.3) is 0 Å². The number of thiophene rings is 1. The molecule has 0 unspecified atom stereocenters. The predicted molar refractivity (Wildman–Crippen MR) is 122 cm³/mol. The van der Waals surface area contributed by atoms with Crippen molar-refractivity contribution in [1.29, 1.82) is 0 Å². The van der Waals surface area contributed by atoms with Gasteiger partial charge in [-0.1, -0.05) is 31.5 Å². The quantitative estimate of drug-likeness (QED) is 0.656. The fourth-order valence-electron chi connectivity index (χ4n) is 4.06. The highest BCUT2D eigenvalue weighted by atomic mass is 32.1. The zero-order valence-corrected chi connectivity index (χ0v) is 19.3. The number of aryl methyl sites for hydroxylation is 1. The molecule has 1 aromatic carbocycles. The molecule has 164 valence electrons. The molecule has 2 atom stereocenters. The summed E-state index contributed by atoms with van der Waals surface area (Å²) in [6.07, 6.45) is 0.433. The van der Waals surface area contributed by atoms with Crippen molar-refractivity contribution in [3.8, 4) is 5.75 Å². The lowest BCUT2D eigenvalue weighted by molar-refractivity contribution is -0.136. The highest BCUT2D eigenvalue weighted by Crippen LogP contribution is 2.34. The standard InChI is InChI=1S/C24H34N2O3S/c1-17(2)13-25(14-19(4)27)15-24(28)26-11-9-23-21(10-12-30-23)22(26)16-29-20-7-5-18(3)6-8-20/h5-8,10,12,17,19,22,27H,9,11,13-16H2,1-4H3/t19-,22-/m1/s1. The van der Waals surface area contributed by atoms with Gasteiger partial charge in [-0.05, 0) is 55.3 Å². The maximum atomic E-state index is 13.3. The largest absolute Gasteiger partial charge is 0.491 e. The Morgan fingerprint density at radius 2 is 1.97 bits per heavy atom. The Hall–Kier alpha value is -1.89. The average molecular weight is 431 g/mol. The van der Waals surface area contributed by atoms with Crippen LogP contribution in [0.25, 0.3) is 0 Å². The second-order valence-corrected chi connectivity index (χ2v) is 9.71. The third-order valence-corrected chi connectivity index (χ3v) is 6.35. The Balaban J connectivity index is 1.73. The van der Waals surface area contributed by atoms with Gasteiger partial charge < -0.3 is 14.7 Å². The minimum Gasteiger partial charge on any atom is -0.491 e. The van der Waals surface area contributed by atoms with Crippen LogP contribution in [0.1, 0.15) is 42.8 Å². The fourth-order valence-corrected chi connectivity index (χ4v) is 4.99. The molecule has 0 spiro atoms. The zero-order chi connectivity index (χ0) is 21.7. The predicted octanol–water partition coefficient (Wildman–Crippen LogP) is 3.90. The van der Waals surface area contributed by atoms with E-state index in [1.54, 1.807) is 18.3 Å². The van der Waals surface area contributed by atoms with Crippen molar-refractivity contribution >= 4 is 17.2 Å². The molecule has 0 bridgehead atoms. The molecule has 1 aromatic heterocycles. The van der Waals surface area contributed by atoms with E-state index in [0.717, 1.165) is 18.7 Å². The summed E-state index contributed by atoms with van der Waals surface area (Å²) >= 11 is 1.76. The van der Waals surface area contributed by atoms with E-state index in [4.69, 9.17) is 4.74 Å². The number of benzene rings is 1. The summed E-state index contributed by atoms with van der Waals surface area (Å²) < 4.78 is 6.10. The van der Waals surface area contributed by atoms with Gasteiger partial charge in [0.15, 0.2) is 0 Å². The molecule has 1 amide bonds. The molecule has 2 aromatic rings. The molecule has 1 aliphatic heterocycles. The third kappa shape index (κ3) is 6.06. The number of aliphatic hydroxyl groups is 1. The van der Waals surface area contributed by atoms with E-state index in [9.17, 15) is 9.90 Å². The first kappa shape index (κ1) is 22.8. The Morgan fingerprint density at radius 1 is 1.23 bits per heavy atom. The van der Waals surface area contributed by atoms with Gasteiger partial charge in [0.2, 0.25) is 5.91 Å². The molecule has 0 saturated heterocycles. The number of fused-ring (bicyclic) bond motifs is 1. The lowest BCUT2D eigenvalue weighted by Gasteiger charge is -2.37. The van der Waals surface area contributed by atoms with Crippen molar-refractivity contribution in [2.24, 2.45) is 5.92 Å². The SMILES string of the molecule is Cc1ccc(OC[C@@H]2c3ccsc3CCN2C(=O)CN(CC(C)C)C[C@@H](C)O)cc1. The summed E-state index contributed by atoms with van der Waals surface area (Å²) in [5.74, 6) is 1.36. The number of nitrogens with zero attached hydrogens (tertiary/aromatic N) is 2. The lowest BCUT2D eigenvalue weighted by Crippen LogP contribution is -2.48. The molecule has 0 radical (unpaired) electrons. The highest BCUT2D eigenvalue weighted by molar-refractivity contribution is 7.10. The fraction of sp³-hybridized carbons (Fsp3) is 0.542. The van der Waals surface area contributed by atoms with Crippen LogP contribution in [0.15, 0.2) is 35.7 Å². The van der Waals surface area contributed by atoms with Gasteiger partial charge in [0.1, 0.15) is 12.4 Å². The number of hydrogen-bond donors (Lipinski definition) is 1. The van der Waals surface area contributed by atoms with E-state index >= 15 is 0 Å². The lowest BCUT2D eigenvalue weighted by atomic mass is 10.00. The molecule has 1 N–H and O–H groups in total. The van der Waals surface area contributed by atoms with Crippen LogP contribution < -0.4 is 4.74 Å². The molecule has 0 aliphatic carbocycles. The summed E-state index contributed by atoms with van der Waals surface area (Å²) in [4.78, 5) is 18.7. The molecule has 30 heavy (non-hydrogen) atoms. The number of aliphatic hydroxyl groups excluding tert-OH is 1. The smallest absolute Gasteiger partial charge is 0.237 e. The maximum absolute atomic E-state index is 13.3. The van der Waals surface area contributed by atoms with E-state index < -0.39 is 6.10 Å². The Morgan fingerprint density at radius 3 is 2.63 bits per heavy atom. The van der Waals surface area contributed by atoms with E-state index in [2.05, 4.69) is 37.1 Å². The van der Waals surface area contributed by atoms with E-state index in [-0.39, 0.29) is 11.9 Å². The van der Waals surface area contributed by atoms with Gasteiger partial charge in [-0.2, -0.15) is 0 Å². The highest BCUT2D eigenvalue weighted by Gasteiger charge is 2.33. The van der Waals surface area contributed by atoms with Crippen LogP contribution in [0, 0.1) is 12.8 Å². The van der Waals surface area contributed by atoms with Crippen molar-refractivity contribution in [2.75, 3.05) is 32.8 Å². The molecule has 1 aliphatic rings. The van der Waals surface area contributed by atoms with Crippen LogP contribution >= 0.6 is 11.3 Å². The summed E-state index contributed by atoms with van der Waals surface area (Å²) in [5, 5.41) is 12.0. The first-order valence-electron chi connectivity index (χ1n) is 10.8. The van der Waals surface area contributed by atoms with Crippen LogP contribution in [0.4, 0.5) is 0 Å². The molecule has 6 heteroatoms. The molecule has 2 heterocycles. The van der Waals surface area contributed by atoms with Crippen molar-refractivity contribution in [2.45, 2.75) is 46.3 Å². The normalized spacial score (nSPS) is 17.3. The van der Waals surface area contributed by atoms with Crippen LogP contribution in [-0.4, -0.2) is 59.7 Å². The van der Waals surface area contributed by atoms with E-state index in [1.165, 1.54) is 16.0 Å². The van der Waals surface area contributed by atoms with Crippen molar-refractivity contribution in [3.63, 3.8) is 0 Å². The van der Waals surface area contributed by atoms with Crippen LogP contribution in [0.5, 0.6) is 5.75 Å². The molecular weight excluding hydrogens is 396 g/mol. The molecule has 3 rings (SSSR count). The average Bonchev–Trinajstić information content (AvgIpc) is 3.15. The minimum atomic E-state index is -0.456. The van der Waals surface area contributed by atoms with E-state index in [0.29, 0.717) is 32.2 Å². The van der Waals surface area contributed by atoms with Gasteiger partial charge in [-0.3, -0.25) is 9.69 Å². The summed E-state index contributed by atoms with van der Waals surface area (Å²) in [7, 11) is 0. The van der Waals surface area contributed by atoms with Crippen molar-refractivity contribution < 1.29 is 14.6 Å². The molecular formula is C24H34N2O3S. The molecule has 5 nitrogen and oxygen atoms in total. The summed E-state index contributed by atoms with van der Waals surface area (Å²) in [6, 6.07) is 10.1. The number of carbonyl (C=O) groups is 1. The first-order valence-corrected chi connectivity index (χ1v) is 11.7. The van der Waals surface area contributed by atoms with Gasteiger partial charge in [0.05, 0.1) is 18.7 Å². The zero-order valence-electron chi connectivity index (χ0n) is 18.5. The Labute approximate surface area is 184 Å². The van der Waals surface area contributed by atoms with Crippen molar-refractivity contribution in [1.82, 2.24) is 9.80 Å². The van der Waals surface area contributed by atoms with Crippen molar-refractivity contribution in [3.05, 3.63) is 51.7 Å². The number of rotatable bonds is 9. The van der Waals surface area contributed by atoms with Gasteiger partial charge >= 0.3 is 0 Å². The van der Waals surface area contributed by atoms with Gasteiger partial charge in [-0.25, -0.2) is 0 Å². The molecule has 0 saturated carbocycles. The topological polar surface area (TPSA) is 53.0 Å². The number of carbonyl (C=O) groups excluding carboxylic acids is 1. The summed E-state index contributed by atoms with van der Waals surface area (Å²) in [6.45, 7) is 10.9.